The van der Waals surface area contributed by atoms with Crippen LogP contribution < -0.4 is 21.3 Å². The van der Waals surface area contributed by atoms with Crippen molar-refractivity contribution < 1.29 is 14.4 Å². The number of aromatic amines is 1. The van der Waals surface area contributed by atoms with Gasteiger partial charge in [-0.25, -0.2) is 4.79 Å². The summed E-state index contributed by atoms with van der Waals surface area (Å²) in [4.78, 5) is 43.7. The summed E-state index contributed by atoms with van der Waals surface area (Å²) in [5.74, 6) is -0.188. The summed E-state index contributed by atoms with van der Waals surface area (Å²) in [6, 6.07) is 21.1. The van der Waals surface area contributed by atoms with Gasteiger partial charge in [0.05, 0.1) is 0 Å². The Bertz CT molecular complexity index is 1480. The number of nitrogens with one attached hydrogen (secondary N) is 5. The summed E-state index contributed by atoms with van der Waals surface area (Å²) in [6.07, 6.45) is 9.89. The van der Waals surface area contributed by atoms with E-state index in [9.17, 15) is 9.59 Å². The zero-order valence-electron chi connectivity index (χ0n) is 27.0. The minimum atomic E-state index is -1.17. The predicted octanol–water partition coefficient (Wildman–Crippen LogP) is 6.98. The van der Waals surface area contributed by atoms with Gasteiger partial charge < -0.3 is 31.0 Å². The second kappa shape index (κ2) is 17.0. The van der Waals surface area contributed by atoms with Gasteiger partial charge in [-0.2, -0.15) is 0 Å². The number of carbonyl (C=O) groups is 3. The van der Waals surface area contributed by atoms with E-state index >= 15 is 0 Å². The molecule has 0 saturated heterocycles. The Balaban J connectivity index is 0.00000133. The minimum absolute atomic E-state index is 0.188. The number of para-hydroxylation sites is 1. The number of hydrogen-bond acceptors (Lipinski definition) is 5. The monoisotopic (exact) mass is 612 g/mol. The van der Waals surface area contributed by atoms with Crippen LogP contribution in [0.5, 0.6) is 0 Å². The molecule has 5 N–H and O–H groups in total. The number of rotatable bonds is 10. The molecule has 2 aromatic carbocycles. The Kier molecular flexibility index (Phi) is 13.1. The number of carbonyl (C=O) groups excluding carboxylic acids is 3. The molecule has 45 heavy (non-hydrogen) atoms. The average molecular weight is 613 g/mol. The van der Waals surface area contributed by atoms with Crippen LogP contribution in [0.15, 0.2) is 79.1 Å². The number of pyridine rings is 1. The van der Waals surface area contributed by atoms with Gasteiger partial charge in [-0.1, -0.05) is 64.3 Å². The highest BCUT2D eigenvalue weighted by atomic mass is 16.2. The zero-order chi connectivity index (χ0) is 32.7. The summed E-state index contributed by atoms with van der Waals surface area (Å²) in [5, 5.41) is 13.4. The summed E-state index contributed by atoms with van der Waals surface area (Å²) in [6.45, 7) is 8.43. The van der Waals surface area contributed by atoms with E-state index < -0.39 is 11.6 Å². The number of aromatic nitrogens is 2. The molecule has 4 aromatic rings. The first-order valence-corrected chi connectivity index (χ1v) is 15.9. The van der Waals surface area contributed by atoms with E-state index in [4.69, 9.17) is 9.78 Å². The highest BCUT2D eigenvalue weighted by Gasteiger charge is 2.42. The van der Waals surface area contributed by atoms with E-state index in [1.165, 1.54) is 6.42 Å². The van der Waals surface area contributed by atoms with Crippen LogP contribution in [0.3, 0.4) is 0 Å². The second-order valence-electron chi connectivity index (χ2n) is 11.1. The fourth-order valence-corrected chi connectivity index (χ4v) is 6.11. The molecule has 0 radical (unpaired) electrons. The van der Waals surface area contributed by atoms with Crippen LogP contribution in [0.2, 0.25) is 0 Å². The van der Waals surface area contributed by atoms with Crippen molar-refractivity contribution in [1.82, 2.24) is 20.6 Å². The van der Waals surface area contributed by atoms with E-state index in [2.05, 4.69) is 32.3 Å². The van der Waals surface area contributed by atoms with Gasteiger partial charge in [0.15, 0.2) is 0 Å². The van der Waals surface area contributed by atoms with Crippen molar-refractivity contribution in [3.8, 4) is 0 Å². The number of hydrogen-bond donors (Lipinski definition) is 5. The van der Waals surface area contributed by atoms with Crippen LogP contribution in [0, 0.1) is 0 Å². The van der Waals surface area contributed by atoms with Crippen LogP contribution >= 0.6 is 0 Å². The molecule has 5 rings (SSSR count). The number of H-pyrrole nitrogens is 1. The first kappa shape index (κ1) is 34.8. The van der Waals surface area contributed by atoms with Gasteiger partial charge in [0.2, 0.25) is 5.91 Å². The standard InChI is InChI=1S/C33H40N6O2.C2H6.CH2O/c1-3-33(21-24-22-36-28-12-6-5-11-27(24)28,39-31(41)38-26-16-14-25(34-2)15-17-26)30(40)37-23-32(18-8-4-9-19-32)29-13-7-10-20-35-29;2*1-2/h5-7,10-17,20,22,34,36H,3-4,8-9,18-19,21,23H2,1-2H3,(H,37,40)(H2,38,39,41);1-2H3;1H2/t33-;;/m0../s1. The molecule has 9 nitrogen and oxygen atoms in total. The van der Waals surface area contributed by atoms with Crippen molar-refractivity contribution in [2.75, 3.05) is 24.2 Å². The first-order chi connectivity index (χ1) is 22.0. The topological polar surface area (TPSA) is 128 Å². The van der Waals surface area contributed by atoms with E-state index in [0.717, 1.165) is 53.5 Å². The number of urea groups is 1. The molecule has 240 valence electrons. The van der Waals surface area contributed by atoms with E-state index in [1.54, 1.807) is 0 Å². The third kappa shape index (κ3) is 8.50. The fraction of sp³-hybridized carbons (Fsp3) is 0.389. The van der Waals surface area contributed by atoms with Crippen molar-refractivity contribution in [3.63, 3.8) is 0 Å². The van der Waals surface area contributed by atoms with Gasteiger partial charge in [0, 0.05) is 65.8 Å². The van der Waals surface area contributed by atoms with Gasteiger partial charge in [0.1, 0.15) is 12.3 Å². The Labute approximate surface area is 267 Å². The molecule has 0 bridgehead atoms. The van der Waals surface area contributed by atoms with Crippen molar-refractivity contribution in [3.05, 3.63) is 90.4 Å². The summed E-state index contributed by atoms with van der Waals surface area (Å²) in [5.41, 5.74) is 3.21. The van der Waals surface area contributed by atoms with Crippen LogP contribution in [-0.2, 0) is 21.4 Å². The Morgan fingerprint density at radius 1 is 0.933 bits per heavy atom. The first-order valence-electron chi connectivity index (χ1n) is 15.9. The minimum Gasteiger partial charge on any atom is -0.388 e. The lowest BCUT2D eigenvalue weighted by Gasteiger charge is -2.39. The molecule has 0 unspecified atom stereocenters. The maximum atomic E-state index is 14.3. The van der Waals surface area contributed by atoms with E-state index in [-0.39, 0.29) is 11.3 Å². The smallest absolute Gasteiger partial charge is 0.320 e. The molecule has 3 amide bonds. The van der Waals surface area contributed by atoms with Crippen LogP contribution in [0.4, 0.5) is 16.2 Å². The Hall–Kier alpha value is -4.66. The molecule has 0 aliphatic heterocycles. The average Bonchev–Trinajstić information content (AvgIpc) is 3.52. The summed E-state index contributed by atoms with van der Waals surface area (Å²) in [7, 11) is 1.85. The van der Waals surface area contributed by atoms with Crippen LogP contribution in [0.1, 0.15) is 70.6 Å². The van der Waals surface area contributed by atoms with Crippen molar-refractivity contribution in [2.24, 2.45) is 0 Å². The van der Waals surface area contributed by atoms with Gasteiger partial charge >= 0.3 is 6.03 Å². The number of fused-ring (bicyclic) bond motifs is 1. The maximum Gasteiger partial charge on any atom is 0.320 e. The lowest BCUT2D eigenvalue weighted by atomic mass is 9.71. The molecule has 1 fully saturated rings. The van der Waals surface area contributed by atoms with Crippen molar-refractivity contribution >= 4 is 41.0 Å². The number of benzene rings is 2. The highest BCUT2D eigenvalue weighted by Crippen LogP contribution is 2.38. The second-order valence-corrected chi connectivity index (χ2v) is 11.1. The van der Waals surface area contributed by atoms with Crippen molar-refractivity contribution in [2.45, 2.75) is 76.7 Å². The third-order valence-corrected chi connectivity index (χ3v) is 8.60. The third-order valence-electron chi connectivity index (χ3n) is 8.60. The molecule has 0 spiro atoms. The quantitative estimate of drug-likeness (QED) is 0.132. The largest absolute Gasteiger partial charge is 0.388 e. The van der Waals surface area contributed by atoms with E-state index in [1.807, 2.05) is 108 Å². The zero-order valence-corrected chi connectivity index (χ0v) is 27.0. The molecule has 2 heterocycles. The van der Waals surface area contributed by atoms with E-state index in [0.29, 0.717) is 25.1 Å². The highest BCUT2D eigenvalue weighted by molar-refractivity contribution is 5.97. The fourth-order valence-electron chi connectivity index (χ4n) is 6.11. The van der Waals surface area contributed by atoms with Gasteiger partial charge in [-0.05, 0) is 67.3 Å². The molecule has 1 aliphatic carbocycles. The Morgan fingerprint density at radius 3 is 2.24 bits per heavy atom. The maximum absolute atomic E-state index is 14.3. The number of anilines is 2. The molecule has 2 aromatic heterocycles. The number of amides is 3. The predicted molar refractivity (Wildman–Crippen MR) is 184 cm³/mol. The molecule has 1 aliphatic rings. The van der Waals surface area contributed by atoms with Crippen LogP contribution in [-0.4, -0.2) is 47.8 Å². The molecule has 1 atom stereocenters. The number of nitrogens with zero attached hydrogens (tertiary/aromatic N) is 1. The lowest BCUT2D eigenvalue weighted by molar-refractivity contribution is -0.127. The van der Waals surface area contributed by atoms with Gasteiger partial charge in [-0.15, -0.1) is 0 Å². The van der Waals surface area contributed by atoms with Gasteiger partial charge in [-0.3, -0.25) is 9.78 Å². The molecular weight excluding hydrogens is 564 g/mol. The van der Waals surface area contributed by atoms with Crippen LogP contribution in [0.25, 0.3) is 10.9 Å². The Morgan fingerprint density at radius 2 is 1.60 bits per heavy atom. The molecule has 9 heteroatoms. The normalized spacial score (nSPS) is 14.8. The molecule has 1 saturated carbocycles. The SMILES string of the molecule is C=O.CC.CC[C@@](Cc1c[nH]c2ccccc12)(NC(=O)Nc1ccc(NC)cc1)C(=O)NCC1(c2ccccn2)CCCCC1. The lowest BCUT2D eigenvalue weighted by Crippen LogP contribution is -2.62. The summed E-state index contributed by atoms with van der Waals surface area (Å²) >= 11 is 0. The molecular formula is C36H48N6O3. The van der Waals surface area contributed by atoms with Gasteiger partial charge in [0.25, 0.3) is 0 Å². The summed E-state index contributed by atoms with van der Waals surface area (Å²) < 4.78 is 0. The van der Waals surface area contributed by atoms with Crippen molar-refractivity contribution in [1.29, 1.82) is 0 Å².